The van der Waals surface area contributed by atoms with E-state index in [-0.39, 0.29) is 18.4 Å². The van der Waals surface area contributed by atoms with Crippen molar-refractivity contribution in [3.8, 4) is 17.6 Å². The Morgan fingerprint density at radius 2 is 1.78 bits per heavy atom. The number of rotatable bonds is 9. The summed E-state index contributed by atoms with van der Waals surface area (Å²) in [6, 6.07) is 16.7. The van der Waals surface area contributed by atoms with Crippen molar-refractivity contribution in [2.45, 2.75) is 38.8 Å². The van der Waals surface area contributed by atoms with Crippen molar-refractivity contribution in [1.82, 2.24) is 0 Å². The quantitative estimate of drug-likeness (QED) is 0.544. The fourth-order valence-corrected chi connectivity index (χ4v) is 2.48. The van der Waals surface area contributed by atoms with Gasteiger partial charge in [-0.3, -0.25) is 4.79 Å². The number of Topliss-reactive ketones (excluding diaryl/α,β-unsaturated/α-hetero) is 1. The van der Waals surface area contributed by atoms with Gasteiger partial charge in [0.1, 0.15) is 19.0 Å². The van der Waals surface area contributed by atoms with Crippen LogP contribution in [0.3, 0.4) is 0 Å². The number of hydrogen-bond donors (Lipinski definition) is 1. The van der Waals surface area contributed by atoms with Crippen molar-refractivity contribution < 1.29 is 14.3 Å². The molecule has 2 N–H and O–H groups in total. The molecule has 2 aromatic carbocycles. The molecule has 0 heterocycles. The smallest absolute Gasteiger partial charge is 0.188 e. The standard InChI is InChI=1S/C23H27NO3/c1-4-5-15-26-20-13-11-18(12-14-20)16-22(24)23(2,3)27-17-21(25)19-9-7-6-8-10-19/h6-14,22H,15-17,24H2,1-3H3/t22-/m0/s1. The van der Waals surface area contributed by atoms with Crippen molar-refractivity contribution in [3.63, 3.8) is 0 Å². The van der Waals surface area contributed by atoms with E-state index < -0.39 is 5.60 Å². The van der Waals surface area contributed by atoms with Crippen LogP contribution in [0, 0.1) is 11.8 Å². The van der Waals surface area contributed by atoms with Gasteiger partial charge in [0, 0.05) is 11.6 Å². The summed E-state index contributed by atoms with van der Waals surface area (Å²) in [5.74, 6) is 6.38. The lowest BCUT2D eigenvalue weighted by molar-refractivity contribution is -0.0269. The molecule has 0 fully saturated rings. The number of carbonyl (C=O) groups is 1. The molecule has 2 rings (SSSR count). The van der Waals surface area contributed by atoms with Gasteiger partial charge in [0.05, 0.1) is 5.60 Å². The lowest BCUT2D eigenvalue weighted by atomic mass is 9.93. The molecule has 0 radical (unpaired) electrons. The van der Waals surface area contributed by atoms with E-state index in [9.17, 15) is 4.79 Å². The predicted molar refractivity (Wildman–Crippen MR) is 108 cm³/mol. The summed E-state index contributed by atoms with van der Waals surface area (Å²) in [7, 11) is 0. The second-order valence-corrected chi connectivity index (χ2v) is 6.85. The second-order valence-electron chi connectivity index (χ2n) is 6.85. The fourth-order valence-electron chi connectivity index (χ4n) is 2.48. The molecular formula is C23H27NO3. The Bertz CT molecular complexity index is 786. The van der Waals surface area contributed by atoms with E-state index in [0.29, 0.717) is 18.6 Å². The van der Waals surface area contributed by atoms with Crippen LogP contribution in [0.15, 0.2) is 54.6 Å². The minimum Gasteiger partial charge on any atom is -0.481 e. The Kier molecular flexibility index (Phi) is 7.60. The highest BCUT2D eigenvalue weighted by atomic mass is 16.5. The van der Waals surface area contributed by atoms with Crippen molar-refractivity contribution in [2.75, 3.05) is 13.2 Å². The van der Waals surface area contributed by atoms with Crippen LogP contribution >= 0.6 is 0 Å². The Morgan fingerprint density at radius 1 is 1.11 bits per heavy atom. The molecule has 4 heteroatoms. The first-order valence-electron chi connectivity index (χ1n) is 9.01. The molecule has 0 aliphatic heterocycles. The van der Waals surface area contributed by atoms with E-state index in [2.05, 4.69) is 11.8 Å². The van der Waals surface area contributed by atoms with Crippen LogP contribution in [0.25, 0.3) is 0 Å². The third-order valence-corrected chi connectivity index (χ3v) is 4.43. The topological polar surface area (TPSA) is 61.6 Å². The first kappa shape index (κ1) is 20.7. The van der Waals surface area contributed by atoms with Gasteiger partial charge < -0.3 is 15.2 Å². The van der Waals surface area contributed by atoms with Gasteiger partial charge >= 0.3 is 0 Å². The maximum absolute atomic E-state index is 12.2. The van der Waals surface area contributed by atoms with E-state index in [0.717, 1.165) is 11.3 Å². The summed E-state index contributed by atoms with van der Waals surface area (Å²) in [6.45, 7) is 6.00. The predicted octanol–water partition coefficient (Wildman–Crippen LogP) is 3.64. The van der Waals surface area contributed by atoms with Crippen LogP contribution in [0.4, 0.5) is 0 Å². The summed E-state index contributed by atoms with van der Waals surface area (Å²) in [4.78, 5) is 12.2. The molecule has 0 saturated carbocycles. The molecule has 0 aliphatic carbocycles. The highest BCUT2D eigenvalue weighted by molar-refractivity contribution is 5.97. The van der Waals surface area contributed by atoms with E-state index in [4.69, 9.17) is 15.2 Å². The minimum atomic E-state index is -0.629. The zero-order chi connectivity index (χ0) is 19.7. The second kappa shape index (κ2) is 9.91. The SMILES string of the molecule is CC#CCOc1ccc(C[C@H](N)C(C)(C)OCC(=O)c2ccccc2)cc1. The first-order valence-corrected chi connectivity index (χ1v) is 9.01. The Labute approximate surface area is 161 Å². The molecule has 0 amide bonds. The largest absolute Gasteiger partial charge is 0.481 e. The summed E-state index contributed by atoms with van der Waals surface area (Å²) in [5.41, 5.74) is 7.46. The number of benzene rings is 2. The van der Waals surface area contributed by atoms with Gasteiger partial charge in [0.25, 0.3) is 0 Å². The molecular weight excluding hydrogens is 338 g/mol. The number of nitrogens with two attached hydrogens (primary N) is 1. The highest BCUT2D eigenvalue weighted by Gasteiger charge is 2.28. The van der Waals surface area contributed by atoms with Crippen LogP contribution in [-0.2, 0) is 11.2 Å². The van der Waals surface area contributed by atoms with Crippen LogP contribution in [-0.4, -0.2) is 30.6 Å². The zero-order valence-electron chi connectivity index (χ0n) is 16.2. The molecule has 0 aliphatic rings. The van der Waals surface area contributed by atoms with Gasteiger partial charge in [-0.05, 0) is 44.9 Å². The summed E-state index contributed by atoms with van der Waals surface area (Å²) in [5, 5.41) is 0. The van der Waals surface area contributed by atoms with Crippen LogP contribution in [0.1, 0.15) is 36.7 Å². The van der Waals surface area contributed by atoms with Crippen molar-refractivity contribution in [3.05, 3.63) is 65.7 Å². The Morgan fingerprint density at radius 3 is 2.41 bits per heavy atom. The molecule has 0 unspecified atom stereocenters. The number of ketones is 1. The first-order chi connectivity index (χ1) is 12.9. The van der Waals surface area contributed by atoms with Crippen molar-refractivity contribution in [1.29, 1.82) is 0 Å². The molecule has 0 bridgehead atoms. The normalized spacial score (nSPS) is 12.0. The Hall–Kier alpha value is -2.61. The number of hydrogen-bond acceptors (Lipinski definition) is 4. The van der Waals surface area contributed by atoms with Gasteiger partial charge in [-0.15, -0.1) is 5.92 Å². The average molecular weight is 365 g/mol. The van der Waals surface area contributed by atoms with Gasteiger partial charge in [0.15, 0.2) is 5.78 Å². The summed E-state index contributed by atoms with van der Waals surface area (Å²) in [6.07, 6.45) is 0.640. The summed E-state index contributed by atoms with van der Waals surface area (Å²) >= 11 is 0. The van der Waals surface area contributed by atoms with Gasteiger partial charge in [0.2, 0.25) is 0 Å². The lowest BCUT2D eigenvalue weighted by Gasteiger charge is -2.31. The van der Waals surface area contributed by atoms with Gasteiger partial charge in [-0.25, -0.2) is 0 Å². The molecule has 0 saturated heterocycles. The van der Waals surface area contributed by atoms with Crippen molar-refractivity contribution in [2.24, 2.45) is 5.73 Å². The highest BCUT2D eigenvalue weighted by Crippen LogP contribution is 2.20. The summed E-state index contributed by atoms with van der Waals surface area (Å²) < 4.78 is 11.4. The van der Waals surface area contributed by atoms with Crippen LogP contribution in [0.2, 0.25) is 0 Å². The fraction of sp³-hybridized carbons (Fsp3) is 0.348. The molecule has 0 spiro atoms. The van der Waals surface area contributed by atoms with Gasteiger partial charge in [-0.1, -0.05) is 48.4 Å². The van der Waals surface area contributed by atoms with Crippen LogP contribution in [0.5, 0.6) is 5.75 Å². The minimum absolute atomic E-state index is 0.00988. The lowest BCUT2D eigenvalue weighted by Crippen LogP contribution is -2.47. The molecule has 2 aromatic rings. The molecule has 0 aromatic heterocycles. The van der Waals surface area contributed by atoms with Gasteiger partial charge in [-0.2, -0.15) is 0 Å². The number of ether oxygens (including phenoxy) is 2. The van der Waals surface area contributed by atoms with E-state index in [1.807, 2.05) is 56.3 Å². The average Bonchev–Trinajstić information content (AvgIpc) is 2.68. The zero-order valence-corrected chi connectivity index (χ0v) is 16.2. The Balaban J connectivity index is 1.88. The van der Waals surface area contributed by atoms with E-state index in [1.165, 1.54) is 0 Å². The third-order valence-electron chi connectivity index (χ3n) is 4.43. The molecule has 1 atom stereocenters. The van der Waals surface area contributed by atoms with E-state index in [1.54, 1.807) is 19.1 Å². The number of carbonyl (C=O) groups excluding carboxylic acids is 1. The molecule has 142 valence electrons. The maximum atomic E-state index is 12.2. The third kappa shape index (κ3) is 6.56. The van der Waals surface area contributed by atoms with Crippen molar-refractivity contribution >= 4 is 5.78 Å². The maximum Gasteiger partial charge on any atom is 0.188 e. The van der Waals surface area contributed by atoms with E-state index >= 15 is 0 Å². The van der Waals surface area contributed by atoms with Crippen LogP contribution < -0.4 is 10.5 Å². The molecule has 4 nitrogen and oxygen atoms in total. The monoisotopic (exact) mass is 365 g/mol. The molecule has 27 heavy (non-hydrogen) atoms.